The fraction of sp³-hybridized carbons (Fsp3) is 0.933. The van der Waals surface area contributed by atoms with Crippen molar-refractivity contribution >= 4 is 27.7 Å². The number of nitrogens with zero attached hydrogens (tertiary/aromatic N) is 1. The van der Waals surface area contributed by atoms with E-state index >= 15 is 0 Å². The zero-order valence-corrected chi connectivity index (χ0v) is 16.0. The van der Waals surface area contributed by atoms with Crippen LogP contribution in [0.4, 0.5) is 4.79 Å². The first-order valence-corrected chi connectivity index (χ1v) is 9.61. The van der Waals surface area contributed by atoms with Gasteiger partial charge >= 0.3 is 6.09 Å². The minimum absolute atomic E-state index is 0.00379. The summed E-state index contributed by atoms with van der Waals surface area (Å²) in [5, 5.41) is 3.44. The van der Waals surface area contributed by atoms with Gasteiger partial charge in [0.15, 0.2) is 0 Å². The average Bonchev–Trinajstić information content (AvgIpc) is 2.28. The van der Waals surface area contributed by atoms with E-state index in [0.29, 0.717) is 13.1 Å². The molecule has 1 heterocycles. The molecule has 1 saturated heterocycles. The van der Waals surface area contributed by atoms with Gasteiger partial charge in [0.2, 0.25) is 0 Å². The lowest BCUT2D eigenvalue weighted by Gasteiger charge is -2.37. The summed E-state index contributed by atoms with van der Waals surface area (Å²) in [5.74, 6) is 0. The molecule has 0 aromatic heterocycles. The summed E-state index contributed by atoms with van der Waals surface area (Å²) in [6.07, 6.45) is -0.220. The van der Waals surface area contributed by atoms with E-state index in [0.717, 1.165) is 13.1 Å². The Kier molecular flexibility index (Phi) is 6.33. The van der Waals surface area contributed by atoms with Crippen LogP contribution in [0, 0.1) is 0 Å². The molecule has 0 atom stereocenters. The van der Waals surface area contributed by atoms with Crippen LogP contribution in [0.2, 0.25) is 0 Å². The first-order valence-electron chi connectivity index (χ1n) is 7.46. The highest BCUT2D eigenvalue weighted by atomic mass is 33.1. The molecular weight excluding hydrogens is 304 g/mol. The molecule has 1 amide bonds. The summed E-state index contributed by atoms with van der Waals surface area (Å²) in [7, 11) is 3.74. The molecule has 6 heteroatoms. The molecule has 1 fully saturated rings. The monoisotopic (exact) mass is 334 g/mol. The van der Waals surface area contributed by atoms with E-state index in [1.807, 2.05) is 47.3 Å². The molecule has 0 unspecified atom stereocenters. The van der Waals surface area contributed by atoms with Crippen LogP contribution in [0.25, 0.3) is 0 Å². The standard InChI is InChI=1S/C15H30N2O2S2/c1-13(2,3)19-12(18)17-9-8-16-10-14(4,5)20-21-15(6,7)11-17/h16H,8-11H2,1-7H3. The second kappa shape index (κ2) is 7.01. The number of amides is 1. The fourth-order valence-corrected chi connectivity index (χ4v) is 4.42. The van der Waals surface area contributed by atoms with Crippen LogP contribution >= 0.6 is 21.6 Å². The molecule has 124 valence electrons. The van der Waals surface area contributed by atoms with Crippen molar-refractivity contribution in [2.45, 2.75) is 63.6 Å². The Hall–Kier alpha value is -0.0700. The van der Waals surface area contributed by atoms with E-state index in [2.05, 4.69) is 33.0 Å². The Morgan fingerprint density at radius 2 is 1.71 bits per heavy atom. The Morgan fingerprint density at radius 3 is 2.29 bits per heavy atom. The SMILES string of the molecule is CC(C)(C)OC(=O)N1CCNCC(C)(C)SSC(C)(C)C1. The summed E-state index contributed by atoms with van der Waals surface area (Å²) >= 11 is 0. The van der Waals surface area contributed by atoms with Gasteiger partial charge in [-0.15, -0.1) is 0 Å². The van der Waals surface area contributed by atoms with Crippen molar-refractivity contribution in [3.05, 3.63) is 0 Å². The van der Waals surface area contributed by atoms with Gasteiger partial charge in [0.25, 0.3) is 0 Å². The Balaban J connectivity index is 2.75. The number of nitrogens with one attached hydrogen (secondary N) is 1. The molecule has 0 aromatic carbocycles. The molecule has 21 heavy (non-hydrogen) atoms. The van der Waals surface area contributed by atoms with Crippen LogP contribution in [0.5, 0.6) is 0 Å². The maximum Gasteiger partial charge on any atom is 0.410 e. The third-order valence-corrected chi connectivity index (χ3v) is 7.04. The van der Waals surface area contributed by atoms with Crippen LogP contribution in [-0.2, 0) is 4.74 Å². The van der Waals surface area contributed by atoms with Crippen LogP contribution in [0.3, 0.4) is 0 Å². The van der Waals surface area contributed by atoms with Crippen molar-refractivity contribution in [3.63, 3.8) is 0 Å². The maximum atomic E-state index is 12.4. The molecule has 0 saturated carbocycles. The molecule has 0 aromatic rings. The number of hydrogen-bond acceptors (Lipinski definition) is 5. The summed E-state index contributed by atoms with van der Waals surface area (Å²) < 4.78 is 5.71. The zero-order chi connectivity index (χ0) is 16.3. The van der Waals surface area contributed by atoms with Gasteiger partial charge in [-0.3, -0.25) is 0 Å². The molecular formula is C15H30N2O2S2. The first-order chi connectivity index (χ1) is 9.40. The number of ether oxygens (including phenoxy) is 1. The van der Waals surface area contributed by atoms with Crippen LogP contribution < -0.4 is 5.32 Å². The first kappa shape index (κ1) is 19.0. The highest BCUT2D eigenvalue weighted by molar-refractivity contribution is 8.77. The molecule has 0 aliphatic carbocycles. The molecule has 4 nitrogen and oxygen atoms in total. The van der Waals surface area contributed by atoms with Crippen LogP contribution in [0.1, 0.15) is 48.5 Å². The van der Waals surface area contributed by atoms with Crippen molar-refractivity contribution < 1.29 is 9.53 Å². The average molecular weight is 335 g/mol. The van der Waals surface area contributed by atoms with Crippen molar-refractivity contribution in [3.8, 4) is 0 Å². The van der Waals surface area contributed by atoms with E-state index in [-0.39, 0.29) is 15.6 Å². The van der Waals surface area contributed by atoms with Gasteiger partial charge in [-0.1, -0.05) is 21.6 Å². The van der Waals surface area contributed by atoms with Gasteiger partial charge in [-0.2, -0.15) is 0 Å². The van der Waals surface area contributed by atoms with Crippen LogP contribution in [0.15, 0.2) is 0 Å². The van der Waals surface area contributed by atoms with Gasteiger partial charge in [0.1, 0.15) is 5.60 Å². The predicted molar refractivity (Wildman–Crippen MR) is 94.0 cm³/mol. The van der Waals surface area contributed by atoms with E-state index in [9.17, 15) is 4.79 Å². The van der Waals surface area contributed by atoms with Gasteiger partial charge in [-0.05, 0) is 48.5 Å². The molecule has 0 spiro atoms. The summed E-state index contributed by atoms with van der Waals surface area (Å²) in [5.41, 5.74) is -0.451. The minimum atomic E-state index is -0.451. The van der Waals surface area contributed by atoms with E-state index in [1.54, 1.807) is 0 Å². The lowest BCUT2D eigenvalue weighted by molar-refractivity contribution is 0.0239. The van der Waals surface area contributed by atoms with E-state index in [1.165, 1.54) is 0 Å². The van der Waals surface area contributed by atoms with Crippen LogP contribution in [-0.4, -0.2) is 52.3 Å². The molecule has 0 radical (unpaired) electrons. The summed E-state index contributed by atoms with van der Waals surface area (Å²) in [4.78, 5) is 14.2. The van der Waals surface area contributed by atoms with E-state index in [4.69, 9.17) is 4.74 Å². The topological polar surface area (TPSA) is 41.6 Å². The Bertz CT molecular complexity index is 365. The zero-order valence-electron chi connectivity index (χ0n) is 14.4. The van der Waals surface area contributed by atoms with Crippen molar-refractivity contribution in [1.82, 2.24) is 10.2 Å². The third-order valence-electron chi connectivity index (χ3n) is 2.83. The Morgan fingerprint density at radius 1 is 1.14 bits per heavy atom. The van der Waals surface area contributed by atoms with Gasteiger partial charge < -0.3 is 15.0 Å². The lowest BCUT2D eigenvalue weighted by Crippen LogP contribution is -2.47. The molecule has 0 bridgehead atoms. The smallest absolute Gasteiger partial charge is 0.410 e. The van der Waals surface area contributed by atoms with Gasteiger partial charge in [0, 0.05) is 35.7 Å². The Labute approximate surface area is 137 Å². The predicted octanol–water partition coefficient (Wildman–Crippen LogP) is 3.77. The summed E-state index contributed by atoms with van der Waals surface area (Å²) in [6.45, 7) is 17.7. The minimum Gasteiger partial charge on any atom is -0.444 e. The summed E-state index contributed by atoms with van der Waals surface area (Å²) in [6, 6.07) is 0. The van der Waals surface area contributed by atoms with Gasteiger partial charge in [-0.25, -0.2) is 4.79 Å². The number of rotatable bonds is 0. The largest absolute Gasteiger partial charge is 0.444 e. The quantitative estimate of drug-likeness (QED) is 0.683. The molecule has 1 aliphatic rings. The van der Waals surface area contributed by atoms with Crippen molar-refractivity contribution in [1.29, 1.82) is 0 Å². The van der Waals surface area contributed by atoms with E-state index < -0.39 is 5.60 Å². The fourth-order valence-electron chi connectivity index (χ4n) is 1.91. The molecule has 1 N–H and O–H groups in total. The highest BCUT2D eigenvalue weighted by Gasteiger charge is 2.32. The maximum absolute atomic E-state index is 12.4. The third kappa shape index (κ3) is 7.66. The molecule has 1 aliphatic heterocycles. The van der Waals surface area contributed by atoms with Crippen molar-refractivity contribution in [2.75, 3.05) is 26.2 Å². The number of hydrogen-bond donors (Lipinski definition) is 1. The molecule has 1 rings (SSSR count). The normalized spacial score (nSPS) is 23.5. The number of carbonyl (C=O) groups excluding carboxylic acids is 1. The number of carbonyl (C=O) groups is 1. The van der Waals surface area contributed by atoms with Crippen molar-refractivity contribution in [2.24, 2.45) is 0 Å². The second-order valence-electron chi connectivity index (χ2n) is 7.76. The second-order valence-corrected chi connectivity index (χ2v) is 11.3. The highest BCUT2D eigenvalue weighted by Crippen LogP contribution is 2.43. The van der Waals surface area contributed by atoms with Gasteiger partial charge in [0.05, 0.1) is 0 Å². The lowest BCUT2D eigenvalue weighted by atomic mass is 10.2.